The van der Waals surface area contributed by atoms with Crippen LogP contribution in [-0.2, 0) is 50.6 Å². The highest BCUT2D eigenvalue weighted by Crippen LogP contribution is 2.24. The lowest BCUT2D eigenvalue weighted by atomic mass is 10.0. The van der Waals surface area contributed by atoms with Crippen molar-refractivity contribution in [3.8, 4) is 16.9 Å². The zero-order valence-electron chi connectivity index (χ0n) is 35.4. The van der Waals surface area contributed by atoms with Crippen molar-refractivity contribution in [2.75, 3.05) is 19.7 Å². The second-order valence-corrected chi connectivity index (χ2v) is 15.5. The molecule has 0 aliphatic rings. The lowest BCUT2D eigenvalue weighted by Crippen LogP contribution is -2.33. The minimum Gasteiger partial charge on any atom is -0.494 e. The van der Waals surface area contributed by atoms with E-state index >= 15 is 0 Å². The number of hydrogen-bond acceptors (Lipinski definition) is 9. The molecule has 4 aromatic heterocycles. The van der Waals surface area contributed by atoms with Crippen LogP contribution in [-0.4, -0.2) is 60.2 Å². The molecule has 10 nitrogen and oxygen atoms in total. The molecule has 0 aliphatic heterocycles. The van der Waals surface area contributed by atoms with Crippen molar-refractivity contribution >= 4 is 5.91 Å². The Morgan fingerprint density at radius 3 is 1.40 bits per heavy atom. The van der Waals surface area contributed by atoms with Gasteiger partial charge < -0.3 is 15.4 Å². The summed E-state index contributed by atoms with van der Waals surface area (Å²) in [5.74, 6) is 0.887. The molecule has 0 saturated heterocycles. The maximum absolute atomic E-state index is 13.2. The third kappa shape index (κ3) is 14.0. The van der Waals surface area contributed by atoms with E-state index in [9.17, 15) is 4.79 Å². The normalized spacial score (nSPS) is 11.2. The van der Waals surface area contributed by atoms with Crippen LogP contribution in [0.4, 0.5) is 0 Å². The molecular formula is C52H56N8O2. The lowest BCUT2D eigenvalue weighted by molar-refractivity contribution is -0.131. The van der Waals surface area contributed by atoms with Crippen molar-refractivity contribution in [1.29, 1.82) is 0 Å². The molecule has 10 heteroatoms. The first-order valence-corrected chi connectivity index (χ1v) is 21.5. The number of nitrogens with zero attached hydrogens (tertiary/aromatic N) is 7. The monoisotopic (exact) mass is 824 g/mol. The number of rotatable bonds is 23. The van der Waals surface area contributed by atoms with E-state index in [2.05, 4.69) is 109 Å². The second-order valence-electron chi connectivity index (χ2n) is 15.5. The Bertz CT molecular complexity index is 2160. The molecule has 2 N–H and O–H groups in total. The number of hydrogen-bond donors (Lipinski definition) is 1. The van der Waals surface area contributed by atoms with Gasteiger partial charge in [-0.25, -0.2) is 0 Å². The number of ether oxygens (including phenoxy) is 1. The van der Waals surface area contributed by atoms with Gasteiger partial charge in [-0.15, -0.1) is 0 Å². The quantitative estimate of drug-likeness (QED) is 0.0633. The van der Waals surface area contributed by atoms with E-state index in [1.807, 2.05) is 96.4 Å². The summed E-state index contributed by atoms with van der Waals surface area (Å²) in [6, 6.07) is 49.6. The van der Waals surface area contributed by atoms with Gasteiger partial charge in [0.2, 0.25) is 5.91 Å². The maximum atomic E-state index is 13.2. The third-order valence-electron chi connectivity index (χ3n) is 10.5. The van der Waals surface area contributed by atoms with Gasteiger partial charge in [-0.2, -0.15) is 0 Å². The van der Waals surface area contributed by atoms with E-state index in [1.54, 1.807) is 0 Å². The number of nitrogens with two attached hydrogens (primary N) is 1. The van der Waals surface area contributed by atoms with Crippen molar-refractivity contribution < 1.29 is 9.53 Å². The van der Waals surface area contributed by atoms with Crippen LogP contribution in [0.2, 0.25) is 0 Å². The minimum atomic E-state index is 0.0693. The van der Waals surface area contributed by atoms with E-state index in [-0.39, 0.29) is 5.91 Å². The summed E-state index contributed by atoms with van der Waals surface area (Å²) in [4.78, 5) is 38.5. The van der Waals surface area contributed by atoms with E-state index in [0.29, 0.717) is 71.9 Å². The summed E-state index contributed by atoms with van der Waals surface area (Å²) in [6.07, 6.45) is 9.28. The molecule has 0 radical (unpaired) electrons. The van der Waals surface area contributed by atoms with Crippen molar-refractivity contribution in [2.24, 2.45) is 5.73 Å². The second kappa shape index (κ2) is 23.4. The van der Waals surface area contributed by atoms with E-state index in [4.69, 9.17) is 10.5 Å². The summed E-state index contributed by atoms with van der Waals surface area (Å²) in [6.45, 7) is 6.02. The Labute approximate surface area is 366 Å². The molecule has 0 aliphatic carbocycles. The van der Waals surface area contributed by atoms with Crippen LogP contribution in [0.15, 0.2) is 170 Å². The molecule has 0 unspecified atom stereocenters. The average molecular weight is 825 g/mol. The fraction of sp³-hybridized carbons (Fsp3) is 0.250. The van der Waals surface area contributed by atoms with Crippen LogP contribution in [0.25, 0.3) is 11.1 Å². The Morgan fingerprint density at radius 2 is 0.952 bits per heavy atom. The first kappa shape index (κ1) is 43.5. The molecule has 0 atom stereocenters. The van der Waals surface area contributed by atoms with Gasteiger partial charge in [-0.3, -0.25) is 34.5 Å². The maximum Gasteiger partial charge on any atom is 0.224 e. The number of pyridine rings is 4. The number of benzene rings is 3. The van der Waals surface area contributed by atoms with Gasteiger partial charge in [-0.05, 0) is 101 Å². The average Bonchev–Trinajstić information content (AvgIpc) is 3.30. The molecule has 316 valence electrons. The first-order chi connectivity index (χ1) is 30.6. The molecular weight excluding hydrogens is 769 g/mol. The predicted octanol–water partition coefficient (Wildman–Crippen LogP) is 8.88. The van der Waals surface area contributed by atoms with Gasteiger partial charge in [0, 0.05) is 90.1 Å². The summed E-state index contributed by atoms with van der Waals surface area (Å²) < 4.78 is 6.58. The van der Waals surface area contributed by atoms with Crippen molar-refractivity contribution in [1.82, 2.24) is 34.6 Å². The Hall–Kier alpha value is -6.59. The molecule has 1 amide bonds. The predicted molar refractivity (Wildman–Crippen MR) is 245 cm³/mol. The van der Waals surface area contributed by atoms with Crippen LogP contribution in [0.1, 0.15) is 58.7 Å². The van der Waals surface area contributed by atoms with Crippen molar-refractivity contribution in [2.45, 2.75) is 65.1 Å². The first-order valence-electron chi connectivity index (χ1n) is 21.5. The summed E-state index contributed by atoms with van der Waals surface area (Å²) in [5.41, 5.74) is 15.5. The van der Waals surface area contributed by atoms with E-state index in [1.165, 1.54) is 5.56 Å². The minimum absolute atomic E-state index is 0.0693. The van der Waals surface area contributed by atoms with Crippen molar-refractivity contribution in [3.05, 3.63) is 210 Å². The van der Waals surface area contributed by atoms with Gasteiger partial charge in [0.1, 0.15) is 5.75 Å². The number of amides is 1. The van der Waals surface area contributed by atoms with E-state index in [0.717, 1.165) is 63.6 Å². The molecule has 7 aromatic rings. The molecule has 4 heterocycles. The zero-order chi connectivity index (χ0) is 42.6. The summed E-state index contributed by atoms with van der Waals surface area (Å²) in [7, 11) is 0. The molecule has 0 fully saturated rings. The molecule has 0 bridgehead atoms. The smallest absolute Gasteiger partial charge is 0.224 e. The Balaban J connectivity index is 1.07. The van der Waals surface area contributed by atoms with Crippen LogP contribution < -0.4 is 10.5 Å². The number of unbranched alkanes of at least 4 members (excludes halogenated alkanes) is 1. The van der Waals surface area contributed by atoms with Gasteiger partial charge in [0.05, 0.1) is 29.4 Å². The van der Waals surface area contributed by atoms with Crippen LogP contribution in [0.5, 0.6) is 5.75 Å². The Morgan fingerprint density at radius 1 is 0.484 bits per heavy atom. The SMILES string of the molecule is NCCC(=O)N(CCCCOc1cc(CN(Cc2ccccn2)Cc2ccccn2)cc(CN(Cc2ccccn2)Cc2ccccn2)c1)Cc1ccc(-c2ccccc2)cc1. The number of carbonyl (C=O) groups is 1. The summed E-state index contributed by atoms with van der Waals surface area (Å²) >= 11 is 0. The molecule has 0 spiro atoms. The van der Waals surface area contributed by atoms with Gasteiger partial charge in [-0.1, -0.05) is 84.9 Å². The highest BCUT2D eigenvalue weighted by molar-refractivity contribution is 5.76. The highest BCUT2D eigenvalue weighted by atomic mass is 16.5. The fourth-order valence-corrected chi connectivity index (χ4v) is 7.55. The van der Waals surface area contributed by atoms with Crippen LogP contribution in [0.3, 0.4) is 0 Å². The third-order valence-corrected chi connectivity index (χ3v) is 10.5. The van der Waals surface area contributed by atoms with Crippen LogP contribution in [0, 0.1) is 0 Å². The fourth-order valence-electron chi connectivity index (χ4n) is 7.55. The number of carbonyl (C=O) groups excluding carboxylic acids is 1. The molecule has 7 rings (SSSR count). The van der Waals surface area contributed by atoms with E-state index < -0.39 is 0 Å². The van der Waals surface area contributed by atoms with Crippen LogP contribution >= 0.6 is 0 Å². The lowest BCUT2D eigenvalue weighted by Gasteiger charge is -2.25. The topological polar surface area (TPSA) is 114 Å². The van der Waals surface area contributed by atoms with Gasteiger partial charge >= 0.3 is 0 Å². The standard InChI is InChI=1S/C52H56N8O2/c53-25-24-52(61)60(37-42-20-22-46(23-21-42)45-14-2-1-3-15-45)30-12-13-31-62-51-33-43(35-58(38-47-16-4-8-26-54-47)39-48-17-5-9-27-55-48)32-44(34-51)36-59(40-49-18-6-10-28-56-49)41-50-19-7-11-29-57-50/h1-11,14-23,26-29,32-34H,12-13,24-25,30-31,35-41,53H2. The zero-order valence-corrected chi connectivity index (χ0v) is 35.4. The molecule has 3 aromatic carbocycles. The van der Waals surface area contributed by atoms with Crippen molar-refractivity contribution in [3.63, 3.8) is 0 Å². The summed E-state index contributed by atoms with van der Waals surface area (Å²) in [5, 5.41) is 0. The Kier molecular flexibility index (Phi) is 16.4. The molecule has 0 saturated carbocycles. The highest BCUT2D eigenvalue weighted by Gasteiger charge is 2.17. The van der Waals surface area contributed by atoms with Gasteiger partial charge in [0.25, 0.3) is 0 Å². The number of aromatic nitrogens is 4. The molecule has 62 heavy (non-hydrogen) atoms. The largest absolute Gasteiger partial charge is 0.494 e. The van der Waals surface area contributed by atoms with Gasteiger partial charge in [0.15, 0.2) is 0 Å².